The Morgan fingerprint density at radius 3 is 2.11 bits per heavy atom. The van der Waals surface area contributed by atoms with Gasteiger partial charge in [0.05, 0.1) is 0 Å². The zero-order chi connectivity index (χ0) is 13.9. The number of halogens is 2. The predicted molar refractivity (Wildman–Crippen MR) is 68.9 cm³/mol. The summed E-state index contributed by atoms with van der Waals surface area (Å²) in [6.45, 7) is 4.04. The van der Waals surface area contributed by atoms with Crippen molar-refractivity contribution in [2.75, 3.05) is 14.1 Å². The predicted octanol–water partition coefficient (Wildman–Crippen LogP) is 1.68. The van der Waals surface area contributed by atoms with Crippen molar-refractivity contribution in [2.45, 2.75) is 31.8 Å². The van der Waals surface area contributed by atoms with E-state index in [0.29, 0.717) is 12.0 Å². The molecule has 0 amide bonds. The summed E-state index contributed by atoms with van der Waals surface area (Å²) < 4.78 is 26.3. The maximum Gasteiger partial charge on any atom is 0.126 e. The fourth-order valence-electron chi connectivity index (χ4n) is 1.79. The van der Waals surface area contributed by atoms with Crippen molar-refractivity contribution in [1.29, 1.82) is 0 Å². The van der Waals surface area contributed by atoms with Crippen molar-refractivity contribution in [3.63, 3.8) is 0 Å². The quantitative estimate of drug-likeness (QED) is 0.623. The molecule has 5 heteroatoms. The van der Waals surface area contributed by atoms with E-state index in [9.17, 15) is 8.78 Å². The lowest BCUT2D eigenvalue weighted by atomic mass is 9.88. The summed E-state index contributed by atoms with van der Waals surface area (Å²) in [4.78, 5) is 2.02. The Hall–Kier alpha value is -1.04. The van der Waals surface area contributed by atoms with E-state index in [0.717, 1.165) is 6.07 Å². The molecule has 0 heterocycles. The molecular formula is C13H21F2N3. The Balaban J connectivity index is 2.92. The number of hydrogen-bond acceptors (Lipinski definition) is 3. The third kappa shape index (κ3) is 3.48. The number of benzene rings is 1. The molecular weight excluding hydrogens is 236 g/mol. The van der Waals surface area contributed by atoms with E-state index >= 15 is 0 Å². The molecule has 0 bridgehead atoms. The molecule has 0 saturated carbocycles. The molecule has 3 N–H and O–H groups in total. The Labute approximate surface area is 107 Å². The summed E-state index contributed by atoms with van der Waals surface area (Å²) in [5.41, 5.74) is 3.07. The molecule has 0 radical (unpaired) electrons. The Kier molecular flexibility index (Phi) is 4.78. The number of hydrogen-bond donors (Lipinski definition) is 2. The van der Waals surface area contributed by atoms with Crippen LogP contribution in [-0.4, -0.2) is 30.6 Å². The van der Waals surface area contributed by atoms with Crippen LogP contribution in [-0.2, 0) is 6.42 Å². The van der Waals surface area contributed by atoms with E-state index in [1.54, 1.807) is 0 Å². The van der Waals surface area contributed by atoms with Crippen LogP contribution in [0.3, 0.4) is 0 Å². The molecule has 1 aromatic carbocycles. The lowest BCUT2D eigenvalue weighted by Crippen LogP contribution is -2.58. The zero-order valence-electron chi connectivity index (χ0n) is 11.3. The molecule has 1 aromatic rings. The first-order chi connectivity index (χ1) is 8.27. The van der Waals surface area contributed by atoms with Gasteiger partial charge in [-0.05, 0) is 52.1 Å². The average molecular weight is 257 g/mol. The SMILES string of the molecule is CN(C)C(C)(C)C(Cc1cc(F)cc(F)c1)NN. The molecule has 1 rings (SSSR count). The Morgan fingerprint density at radius 1 is 1.22 bits per heavy atom. The topological polar surface area (TPSA) is 41.3 Å². The molecule has 102 valence electrons. The van der Waals surface area contributed by atoms with Gasteiger partial charge in [-0.3, -0.25) is 11.3 Å². The highest BCUT2D eigenvalue weighted by atomic mass is 19.1. The number of likely N-dealkylation sites (N-methyl/N-ethyl adjacent to an activating group) is 1. The summed E-state index contributed by atoms with van der Waals surface area (Å²) in [7, 11) is 3.88. The fourth-order valence-corrected chi connectivity index (χ4v) is 1.79. The van der Waals surface area contributed by atoms with Crippen molar-refractivity contribution in [2.24, 2.45) is 5.84 Å². The van der Waals surface area contributed by atoms with Crippen LogP contribution in [0.2, 0.25) is 0 Å². The van der Waals surface area contributed by atoms with Crippen LogP contribution in [0.1, 0.15) is 19.4 Å². The van der Waals surface area contributed by atoms with E-state index in [-0.39, 0.29) is 11.6 Å². The van der Waals surface area contributed by atoms with Crippen LogP contribution >= 0.6 is 0 Å². The van der Waals surface area contributed by atoms with E-state index in [4.69, 9.17) is 5.84 Å². The maximum absolute atomic E-state index is 13.1. The molecule has 0 saturated heterocycles. The molecule has 18 heavy (non-hydrogen) atoms. The van der Waals surface area contributed by atoms with Crippen LogP contribution in [0.5, 0.6) is 0 Å². The Morgan fingerprint density at radius 2 is 1.72 bits per heavy atom. The van der Waals surface area contributed by atoms with Gasteiger partial charge < -0.3 is 4.90 Å². The van der Waals surface area contributed by atoms with Gasteiger partial charge in [0.1, 0.15) is 11.6 Å². The van der Waals surface area contributed by atoms with Gasteiger partial charge in [0.2, 0.25) is 0 Å². The molecule has 0 aliphatic carbocycles. The van der Waals surface area contributed by atoms with E-state index in [2.05, 4.69) is 5.43 Å². The average Bonchev–Trinajstić information content (AvgIpc) is 2.24. The number of nitrogens with zero attached hydrogens (tertiary/aromatic N) is 1. The first-order valence-electron chi connectivity index (χ1n) is 5.86. The van der Waals surface area contributed by atoms with Crippen molar-refractivity contribution in [1.82, 2.24) is 10.3 Å². The van der Waals surface area contributed by atoms with E-state index < -0.39 is 11.6 Å². The van der Waals surface area contributed by atoms with Crippen molar-refractivity contribution < 1.29 is 8.78 Å². The van der Waals surface area contributed by atoms with Crippen molar-refractivity contribution in [3.05, 3.63) is 35.4 Å². The van der Waals surface area contributed by atoms with Gasteiger partial charge in [-0.2, -0.15) is 0 Å². The first-order valence-corrected chi connectivity index (χ1v) is 5.86. The standard InChI is InChI=1S/C13H21F2N3/c1-13(2,18(3)4)12(17-16)7-9-5-10(14)8-11(15)6-9/h5-6,8,12,17H,7,16H2,1-4H3. The smallest absolute Gasteiger partial charge is 0.126 e. The van der Waals surface area contributed by atoms with Crippen molar-refractivity contribution >= 4 is 0 Å². The van der Waals surface area contributed by atoms with Gasteiger partial charge in [0.15, 0.2) is 0 Å². The number of nitrogens with one attached hydrogen (secondary N) is 1. The van der Waals surface area contributed by atoms with Crippen molar-refractivity contribution in [3.8, 4) is 0 Å². The molecule has 0 fully saturated rings. The van der Waals surface area contributed by atoms with E-state index in [1.807, 2.05) is 32.8 Å². The summed E-state index contributed by atoms with van der Waals surface area (Å²) in [5, 5.41) is 0. The molecule has 1 unspecified atom stereocenters. The largest absolute Gasteiger partial charge is 0.303 e. The highest BCUT2D eigenvalue weighted by Crippen LogP contribution is 2.20. The second-order valence-electron chi connectivity index (χ2n) is 5.25. The van der Waals surface area contributed by atoms with Gasteiger partial charge in [-0.15, -0.1) is 0 Å². The van der Waals surface area contributed by atoms with Gasteiger partial charge >= 0.3 is 0 Å². The minimum absolute atomic E-state index is 0.117. The second-order valence-corrected chi connectivity index (χ2v) is 5.25. The second kappa shape index (κ2) is 5.73. The van der Waals surface area contributed by atoms with Gasteiger partial charge in [-0.25, -0.2) is 8.78 Å². The molecule has 0 aromatic heterocycles. The van der Waals surface area contributed by atoms with Crippen LogP contribution < -0.4 is 11.3 Å². The van der Waals surface area contributed by atoms with Crippen LogP contribution in [0.4, 0.5) is 8.78 Å². The molecule has 0 aliphatic heterocycles. The highest BCUT2D eigenvalue weighted by molar-refractivity contribution is 5.20. The lowest BCUT2D eigenvalue weighted by molar-refractivity contribution is 0.137. The zero-order valence-corrected chi connectivity index (χ0v) is 11.3. The molecule has 1 atom stereocenters. The third-order valence-electron chi connectivity index (χ3n) is 3.57. The summed E-state index contributed by atoms with van der Waals surface area (Å²) in [5.74, 6) is 4.42. The monoisotopic (exact) mass is 257 g/mol. The number of rotatable bonds is 5. The molecule has 0 spiro atoms. The highest BCUT2D eigenvalue weighted by Gasteiger charge is 2.31. The Bertz CT molecular complexity index is 385. The molecule has 3 nitrogen and oxygen atoms in total. The number of hydrazine groups is 1. The normalized spacial score (nSPS) is 14.0. The number of nitrogens with two attached hydrogens (primary N) is 1. The fraction of sp³-hybridized carbons (Fsp3) is 0.538. The maximum atomic E-state index is 13.1. The minimum atomic E-state index is -0.566. The lowest BCUT2D eigenvalue weighted by Gasteiger charge is -2.40. The van der Waals surface area contributed by atoms with E-state index in [1.165, 1.54) is 12.1 Å². The first kappa shape index (κ1) is 15.0. The van der Waals surface area contributed by atoms with Gasteiger partial charge in [0, 0.05) is 17.6 Å². The van der Waals surface area contributed by atoms with Crippen LogP contribution in [0.15, 0.2) is 18.2 Å². The summed E-state index contributed by atoms with van der Waals surface area (Å²) in [6.07, 6.45) is 0.455. The van der Waals surface area contributed by atoms with Gasteiger partial charge in [0.25, 0.3) is 0 Å². The van der Waals surface area contributed by atoms with Crippen LogP contribution in [0, 0.1) is 11.6 Å². The summed E-state index contributed by atoms with van der Waals surface area (Å²) >= 11 is 0. The summed E-state index contributed by atoms with van der Waals surface area (Å²) in [6, 6.07) is 3.41. The van der Waals surface area contributed by atoms with Crippen LogP contribution in [0.25, 0.3) is 0 Å². The molecule has 0 aliphatic rings. The van der Waals surface area contributed by atoms with Gasteiger partial charge in [-0.1, -0.05) is 0 Å². The third-order valence-corrected chi connectivity index (χ3v) is 3.57. The minimum Gasteiger partial charge on any atom is -0.303 e.